The van der Waals surface area contributed by atoms with Crippen molar-refractivity contribution < 1.29 is 13.2 Å². The van der Waals surface area contributed by atoms with E-state index in [2.05, 4.69) is 16.8 Å². The van der Waals surface area contributed by atoms with E-state index in [1.807, 2.05) is 23.1 Å². The molecular formula is C25H23ClF3N5. The maximum atomic E-state index is 13.4. The first kappa shape index (κ1) is 22.6. The Hall–Kier alpha value is -3.15. The molecule has 1 aliphatic heterocycles. The smallest absolute Gasteiger partial charge is 0.382 e. The van der Waals surface area contributed by atoms with Crippen LogP contribution in [0.25, 0.3) is 10.8 Å². The molecule has 2 aromatic carbocycles. The molecule has 1 aliphatic carbocycles. The SMILES string of the molecule is CN(N)c1c(N)nc(N2CCCc3c(C#CC4(C(F)(F)F)CC4)cccc32)c2ccc(Cl)cc12. The Morgan fingerprint density at radius 2 is 1.94 bits per heavy atom. The second kappa shape index (κ2) is 7.97. The molecule has 34 heavy (non-hydrogen) atoms. The van der Waals surface area contributed by atoms with Crippen LogP contribution < -0.4 is 21.5 Å². The normalized spacial score (nSPS) is 16.6. The number of benzene rings is 2. The summed E-state index contributed by atoms with van der Waals surface area (Å²) in [5, 5.41) is 3.55. The Balaban J connectivity index is 1.64. The van der Waals surface area contributed by atoms with Gasteiger partial charge in [0.2, 0.25) is 0 Å². The molecule has 5 nitrogen and oxygen atoms in total. The average Bonchev–Trinajstić information content (AvgIpc) is 3.57. The highest BCUT2D eigenvalue weighted by atomic mass is 35.5. The van der Waals surface area contributed by atoms with Crippen LogP contribution in [0, 0.1) is 17.3 Å². The number of nitrogens with zero attached hydrogens (tertiary/aromatic N) is 3. The van der Waals surface area contributed by atoms with Crippen molar-refractivity contribution in [3.8, 4) is 11.8 Å². The second-order valence-corrected chi connectivity index (χ2v) is 9.29. The monoisotopic (exact) mass is 485 g/mol. The van der Waals surface area contributed by atoms with Gasteiger partial charge in [-0.2, -0.15) is 13.2 Å². The maximum absolute atomic E-state index is 13.4. The van der Waals surface area contributed by atoms with Crippen LogP contribution in [0.15, 0.2) is 36.4 Å². The van der Waals surface area contributed by atoms with Crippen LogP contribution >= 0.6 is 11.6 Å². The van der Waals surface area contributed by atoms with Crippen molar-refractivity contribution in [2.75, 3.05) is 29.2 Å². The third-order valence-electron chi connectivity index (χ3n) is 6.53. The molecule has 0 amide bonds. The van der Waals surface area contributed by atoms with Gasteiger partial charge in [-0.15, -0.1) is 0 Å². The first-order valence-corrected chi connectivity index (χ1v) is 11.4. The van der Waals surface area contributed by atoms with Crippen LogP contribution in [0.5, 0.6) is 0 Å². The molecule has 0 spiro atoms. The third-order valence-corrected chi connectivity index (χ3v) is 6.77. The van der Waals surface area contributed by atoms with E-state index in [4.69, 9.17) is 23.2 Å². The molecule has 0 saturated heterocycles. The summed E-state index contributed by atoms with van der Waals surface area (Å²) in [6.45, 7) is 0.679. The summed E-state index contributed by atoms with van der Waals surface area (Å²) in [6.07, 6.45) is -2.67. The van der Waals surface area contributed by atoms with Crippen molar-refractivity contribution in [3.05, 3.63) is 52.5 Å². The van der Waals surface area contributed by atoms with E-state index in [1.165, 1.54) is 5.01 Å². The molecule has 1 saturated carbocycles. The molecule has 1 aromatic heterocycles. The minimum Gasteiger partial charge on any atom is -0.382 e. The number of fused-ring (bicyclic) bond motifs is 2. The van der Waals surface area contributed by atoms with Crippen LogP contribution in [-0.4, -0.2) is 24.8 Å². The molecular weight excluding hydrogens is 463 g/mol. The summed E-state index contributed by atoms with van der Waals surface area (Å²) < 4.78 is 40.1. The molecule has 9 heteroatoms. The van der Waals surface area contributed by atoms with Crippen molar-refractivity contribution in [1.29, 1.82) is 0 Å². The molecule has 0 atom stereocenters. The fourth-order valence-electron chi connectivity index (χ4n) is 4.60. The largest absolute Gasteiger partial charge is 0.405 e. The fraction of sp³-hybridized carbons (Fsp3) is 0.320. The van der Waals surface area contributed by atoms with Crippen LogP contribution in [0.2, 0.25) is 5.02 Å². The van der Waals surface area contributed by atoms with E-state index in [1.54, 1.807) is 25.2 Å². The molecule has 2 aliphatic rings. The summed E-state index contributed by atoms with van der Waals surface area (Å²) >= 11 is 6.27. The van der Waals surface area contributed by atoms with Gasteiger partial charge in [-0.3, -0.25) is 0 Å². The van der Waals surface area contributed by atoms with Crippen LogP contribution in [0.4, 0.5) is 36.2 Å². The van der Waals surface area contributed by atoms with Gasteiger partial charge in [0, 0.05) is 40.6 Å². The first-order valence-electron chi connectivity index (χ1n) is 11.0. The Labute approximate surface area is 200 Å². The number of hydrogen-bond acceptors (Lipinski definition) is 5. The van der Waals surface area contributed by atoms with Crippen LogP contribution in [0.3, 0.4) is 0 Å². The van der Waals surface area contributed by atoms with Crippen molar-refractivity contribution in [1.82, 2.24) is 4.98 Å². The lowest BCUT2D eigenvalue weighted by atomic mass is 9.95. The summed E-state index contributed by atoms with van der Waals surface area (Å²) in [6, 6.07) is 11.0. The number of alkyl halides is 3. The Morgan fingerprint density at radius 3 is 2.62 bits per heavy atom. The molecule has 0 bridgehead atoms. The van der Waals surface area contributed by atoms with E-state index in [9.17, 15) is 13.2 Å². The van der Waals surface area contributed by atoms with E-state index in [-0.39, 0.29) is 18.7 Å². The molecule has 4 N–H and O–H groups in total. The number of aromatic nitrogens is 1. The van der Waals surface area contributed by atoms with E-state index >= 15 is 0 Å². The molecule has 5 rings (SSSR count). The number of pyridine rings is 1. The van der Waals surface area contributed by atoms with Gasteiger partial charge in [0.25, 0.3) is 0 Å². The summed E-state index contributed by atoms with van der Waals surface area (Å²) in [5.74, 6) is 12.3. The zero-order valence-corrected chi connectivity index (χ0v) is 19.3. The summed E-state index contributed by atoms with van der Waals surface area (Å²) in [4.78, 5) is 6.74. The Morgan fingerprint density at radius 1 is 1.18 bits per heavy atom. The lowest BCUT2D eigenvalue weighted by molar-refractivity contribution is -0.168. The number of nitrogen functional groups attached to an aromatic ring is 1. The van der Waals surface area contributed by atoms with Gasteiger partial charge in [-0.25, -0.2) is 10.8 Å². The number of halogens is 4. The Bertz CT molecular complexity index is 1350. The number of anilines is 4. The number of hydrogen-bond donors (Lipinski definition) is 2. The quantitative estimate of drug-likeness (QED) is 0.282. The minimum atomic E-state index is -4.31. The number of nitrogens with two attached hydrogens (primary N) is 2. The summed E-state index contributed by atoms with van der Waals surface area (Å²) in [5.41, 5.74) is 7.42. The predicted octanol–water partition coefficient (Wildman–Crippen LogP) is 5.56. The van der Waals surface area contributed by atoms with Gasteiger partial charge in [-0.05, 0) is 61.6 Å². The van der Waals surface area contributed by atoms with Crippen LogP contribution in [0.1, 0.15) is 30.4 Å². The van der Waals surface area contributed by atoms with E-state index in [0.717, 1.165) is 34.9 Å². The zero-order valence-electron chi connectivity index (χ0n) is 18.5. The molecule has 3 aromatic rings. The van der Waals surface area contributed by atoms with Gasteiger partial charge >= 0.3 is 6.18 Å². The van der Waals surface area contributed by atoms with E-state index < -0.39 is 11.6 Å². The first-order chi connectivity index (χ1) is 16.1. The summed E-state index contributed by atoms with van der Waals surface area (Å²) in [7, 11) is 1.68. The Kier molecular flexibility index (Phi) is 5.30. The molecule has 176 valence electrons. The van der Waals surface area contributed by atoms with Gasteiger partial charge in [0.05, 0.1) is 0 Å². The zero-order chi connectivity index (χ0) is 24.3. The molecule has 2 heterocycles. The predicted molar refractivity (Wildman–Crippen MR) is 130 cm³/mol. The lowest BCUT2D eigenvalue weighted by Gasteiger charge is -2.33. The molecule has 1 fully saturated rings. The topological polar surface area (TPSA) is 71.4 Å². The lowest BCUT2D eigenvalue weighted by Crippen LogP contribution is -2.29. The third kappa shape index (κ3) is 3.69. The van der Waals surface area contributed by atoms with E-state index in [0.29, 0.717) is 28.6 Å². The molecule has 0 unspecified atom stereocenters. The van der Waals surface area contributed by atoms with Crippen molar-refractivity contribution in [2.45, 2.75) is 31.9 Å². The van der Waals surface area contributed by atoms with Crippen molar-refractivity contribution in [3.63, 3.8) is 0 Å². The average molecular weight is 486 g/mol. The second-order valence-electron chi connectivity index (χ2n) is 8.86. The number of rotatable bonds is 2. The minimum absolute atomic E-state index is 0.0599. The molecule has 0 radical (unpaired) electrons. The van der Waals surface area contributed by atoms with Gasteiger partial charge in [-0.1, -0.05) is 29.5 Å². The van der Waals surface area contributed by atoms with Crippen molar-refractivity contribution >= 4 is 45.4 Å². The fourth-order valence-corrected chi connectivity index (χ4v) is 4.77. The number of hydrazine groups is 1. The highest BCUT2D eigenvalue weighted by Crippen LogP contribution is 2.57. The van der Waals surface area contributed by atoms with Crippen LogP contribution in [-0.2, 0) is 6.42 Å². The standard InChI is InChI=1S/C25H23ClF3N5/c1-33(31)21-19-14-16(26)7-8-18(19)23(32-22(21)30)34-13-3-5-17-15(4-2-6-20(17)34)9-10-24(11-12-24)25(27,28)29/h2,4,6-8,14H,3,5,11-13,31H2,1H3,(H2,30,32). The van der Waals surface area contributed by atoms with Gasteiger partial charge in [0.15, 0.2) is 5.82 Å². The van der Waals surface area contributed by atoms with Gasteiger partial charge < -0.3 is 15.6 Å². The maximum Gasteiger partial charge on any atom is 0.405 e. The highest BCUT2D eigenvalue weighted by molar-refractivity contribution is 6.31. The van der Waals surface area contributed by atoms with Gasteiger partial charge in [0.1, 0.15) is 16.9 Å². The van der Waals surface area contributed by atoms with Crippen molar-refractivity contribution in [2.24, 2.45) is 11.3 Å². The highest BCUT2D eigenvalue weighted by Gasteiger charge is 2.62.